The van der Waals surface area contributed by atoms with Gasteiger partial charge in [0, 0.05) is 35.4 Å². The molecule has 2 aromatic carbocycles. The van der Waals surface area contributed by atoms with E-state index < -0.39 is 0 Å². The van der Waals surface area contributed by atoms with Gasteiger partial charge in [0.25, 0.3) is 5.91 Å². The molecule has 1 aliphatic rings. The zero-order valence-electron chi connectivity index (χ0n) is 17.1. The van der Waals surface area contributed by atoms with E-state index in [1.54, 1.807) is 35.8 Å². The number of para-hydroxylation sites is 1. The fourth-order valence-electron chi connectivity index (χ4n) is 4.08. The van der Waals surface area contributed by atoms with Crippen LogP contribution in [0.4, 0.5) is 0 Å². The number of H-pyrrole nitrogens is 2. The first-order valence-corrected chi connectivity index (χ1v) is 10.2. The first-order valence-electron chi connectivity index (χ1n) is 9.82. The Morgan fingerprint density at radius 1 is 1.06 bits per heavy atom. The number of hydrogen-bond donors (Lipinski definition) is 3. The number of fused-ring (bicyclic) bond motifs is 2. The second-order valence-electron chi connectivity index (χ2n) is 7.54. The van der Waals surface area contributed by atoms with Gasteiger partial charge in [0.05, 0.1) is 25.8 Å². The molecule has 2 aromatic heterocycles. The van der Waals surface area contributed by atoms with E-state index in [1.165, 1.54) is 0 Å². The maximum Gasteiger partial charge on any atom is 0.270 e. The quantitative estimate of drug-likeness (QED) is 0.428. The maximum atomic E-state index is 12.9. The van der Waals surface area contributed by atoms with Crippen molar-refractivity contribution in [1.29, 1.82) is 5.41 Å². The monoisotopic (exact) mass is 435 g/mol. The van der Waals surface area contributed by atoms with Crippen LogP contribution in [0.15, 0.2) is 42.5 Å². The Balaban J connectivity index is 1.44. The van der Waals surface area contributed by atoms with E-state index in [-0.39, 0.29) is 17.4 Å². The van der Waals surface area contributed by atoms with Crippen LogP contribution in [0.25, 0.3) is 21.8 Å². The van der Waals surface area contributed by atoms with Crippen molar-refractivity contribution >= 4 is 39.9 Å². The molecule has 3 heterocycles. The number of likely N-dealkylation sites (tertiary alicyclic amines) is 1. The lowest BCUT2D eigenvalue weighted by Gasteiger charge is -2.40. The number of amides is 1. The van der Waals surface area contributed by atoms with Crippen LogP contribution >= 0.6 is 12.2 Å². The van der Waals surface area contributed by atoms with Gasteiger partial charge in [0.1, 0.15) is 11.2 Å². The molecule has 31 heavy (non-hydrogen) atoms. The standard InChI is InChI=1S/C22H21N5O3S/c1-29-18-8-14-16(9-19(18)30-2)25-22(31)27(20(14)23)13-10-26(11-13)21(28)17-7-12-5-3-4-6-15(12)24-17/h3-9,13,23-24H,10-11H2,1-2H3,(H,25,31). The van der Waals surface area contributed by atoms with Gasteiger partial charge in [-0.25, -0.2) is 0 Å². The molecule has 1 saturated heterocycles. The summed E-state index contributed by atoms with van der Waals surface area (Å²) in [7, 11) is 3.13. The lowest BCUT2D eigenvalue weighted by Crippen LogP contribution is -2.53. The van der Waals surface area contributed by atoms with E-state index in [2.05, 4.69) is 9.97 Å². The zero-order chi connectivity index (χ0) is 21.7. The predicted molar refractivity (Wildman–Crippen MR) is 119 cm³/mol. The summed E-state index contributed by atoms with van der Waals surface area (Å²) in [5, 5.41) is 10.4. The molecule has 0 bridgehead atoms. The van der Waals surface area contributed by atoms with Crippen LogP contribution in [0.1, 0.15) is 16.5 Å². The number of methoxy groups -OCH3 is 2. The topological polar surface area (TPSA) is 99.1 Å². The summed E-state index contributed by atoms with van der Waals surface area (Å²) < 4.78 is 12.9. The number of nitrogens with zero attached hydrogens (tertiary/aromatic N) is 2. The van der Waals surface area contributed by atoms with Gasteiger partial charge < -0.3 is 24.3 Å². The number of benzene rings is 2. The molecule has 3 N–H and O–H groups in total. The number of hydrogen-bond acceptors (Lipinski definition) is 5. The van der Waals surface area contributed by atoms with Crippen molar-refractivity contribution in [2.24, 2.45) is 0 Å². The average molecular weight is 436 g/mol. The first-order chi connectivity index (χ1) is 15.0. The normalized spacial score (nSPS) is 14.1. The van der Waals surface area contributed by atoms with Crippen molar-refractivity contribution in [2.75, 3.05) is 27.3 Å². The molecule has 1 amide bonds. The number of aromatic nitrogens is 3. The van der Waals surface area contributed by atoms with Crippen LogP contribution in [0, 0.1) is 10.2 Å². The molecule has 0 atom stereocenters. The van der Waals surface area contributed by atoms with Crippen molar-refractivity contribution in [3.63, 3.8) is 0 Å². The summed E-state index contributed by atoms with van der Waals surface area (Å²) in [5.74, 6) is 1.06. The van der Waals surface area contributed by atoms with Gasteiger partial charge in [-0.2, -0.15) is 0 Å². The maximum absolute atomic E-state index is 12.9. The highest BCUT2D eigenvalue weighted by Crippen LogP contribution is 2.31. The van der Waals surface area contributed by atoms with Gasteiger partial charge in [0.15, 0.2) is 16.3 Å². The van der Waals surface area contributed by atoms with Crippen LogP contribution in [0.5, 0.6) is 11.5 Å². The summed E-state index contributed by atoms with van der Waals surface area (Å²) in [6.45, 7) is 0.974. The molecule has 1 aliphatic heterocycles. The van der Waals surface area contributed by atoms with E-state index in [0.29, 0.717) is 46.0 Å². The molecule has 1 fully saturated rings. The zero-order valence-corrected chi connectivity index (χ0v) is 17.9. The van der Waals surface area contributed by atoms with Gasteiger partial charge >= 0.3 is 0 Å². The van der Waals surface area contributed by atoms with Crippen LogP contribution in [0.3, 0.4) is 0 Å². The largest absolute Gasteiger partial charge is 0.493 e. The van der Waals surface area contributed by atoms with Crippen LogP contribution in [-0.4, -0.2) is 52.7 Å². The molecule has 0 aliphatic carbocycles. The van der Waals surface area contributed by atoms with Crippen LogP contribution in [-0.2, 0) is 0 Å². The summed E-state index contributed by atoms with van der Waals surface area (Å²) in [6, 6.07) is 13.2. The summed E-state index contributed by atoms with van der Waals surface area (Å²) >= 11 is 5.53. The molecule has 8 nitrogen and oxygen atoms in total. The van der Waals surface area contributed by atoms with Gasteiger partial charge in [-0.05, 0) is 30.4 Å². The fraction of sp³-hybridized carbons (Fsp3) is 0.227. The Labute approximate surface area is 182 Å². The highest BCUT2D eigenvalue weighted by molar-refractivity contribution is 7.71. The van der Waals surface area contributed by atoms with Crippen LogP contribution in [0.2, 0.25) is 0 Å². The number of carbonyl (C=O) groups is 1. The Morgan fingerprint density at radius 3 is 2.48 bits per heavy atom. The third-order valence-electron chi connectivity index (χ3n) is 5.76. The number of rotatable bonds is 4. The minimum Gasteiger partial charge on any atom is -0.493 e. The summed E-state index contributed by atoms with van der Waals surface area (Å²) in [6.07, 6.45) is 0. The van der Waals surface area contributed by atoms with Gasteiger partial charge in [0.2, 0.25) is 0 Å². The number of nitrogens with one attached hydrogen (secondary N) is 3. The third-order valence-corrected chi connectivity index (χ3v) is 6.05. The average Bonchev–Trinajstić information content (AvgIpc) is 3.18. The number of carbonyl (C=O) groups excluding carboxylic acids is 1. The Bertz CT molecular complexity index is 1410. The minimum atomic E-state index is -0.0675. The van der Waals surface area contributed by atoms with Crippen molar-refractivity contribution < 1.29 is 14.3 Å². The van der Waals surface area contributed by atoms with Crippen molar-refractivity contribution in [3.8, 4) is 11.5 Å². The van der Waals surface area contributed by atoms with Crippen molar-refractivity contribution in [3.05, 3.63) is 58.4 Å². The molecule has 0 spiro atoms. The third kappa shape index (κ3) is 3.09. The fourth-order valence-corrected chi connectivity index (χ4v) is 4.43. The lowest BCUT2D eigenvalue weighted by molar-refractivity contribution is 0.0505. The Morgan fingerprint density at radius 2 is 1.77 bits per heavy atom. The van der Waals surface area contributed by atoms with Gasteiger partial charge in [-0.3, -0.25) is 14.8 Å². The van der Waals surface area contributed by atoms with Gasteiger partial charge in [-0.1, -0.05) is 18.2 Å². The van der Waals surface area contributed by atoms with E-state index in [4.69, 9.17) is 27.1 Å². The summed E-state index contributed by atoms with van der Waals surface area (Å²) in [5.41, 5.74) is 2.49. The van der Waals surface area contributed by atoms with E-state index >= 15 is 0 Å². The highest BCUT2D eigenvalue weighted by Gasteiger charge is 2.34. The molecule has 158 valence electrons. The molecule has 5 rings (SSSR count). The molecule has 0 saturated carbocycles. The minimum absolute atomic E-state index is 0.0540. The second kappa shape index (κ2) is 7.28. The highest BCUT2D eigenvalue weighted by atomic mass is 32.1. The van der Waals surface area contributed by atoms with E-state index in [1.807, 2.05) is 30.3 Å². The van der Waals surface area contributed by atoms with Gasteiger partial charge in [-0.15, -0.1) is 0 Å². The SMILES string of the molecule is COc1cc2[nH]c(=S)n(C3CN(C(=O)c4cc5ccccc5[nH]4)C3)c(=N)c2cc1OC. The molecule has 0 radical (unpaired) electrons. The number of aromatic amines is 2. The van der Waals surface area contributed by atoms with E-state index in [9.17, 15) is 4.79 Å². The molecule has 9 heteroatoms. The molecular formula is C22H21N5O3S. The Hall–Kier alpha value is -3.59. The van der Waals surface area contributed by atoms with E-state index in [0.717, 1.165) is 10.9 Å². The Kier molecular flexibility index (Phi) is 4.55. The van der Waals surface area contributed by atoms with Crippen molar-refractivity contribution in [2.45, 2.75) is 6.04 Å². The number of ether oxygens (including phenoxy) is 2. The lowest BCUT2D eigenvalue weighted by atomic mass is 10.1. The summed E-state index contributed by atoms with van der Waals surface area (Å²) in [4.78, 5) is 21.0. The van der Waals surface area contributed by atoms with Crippen molar-refractivity contribution in [1.82, 2.24) is 19.4 Å². The smallest absolute Gasteiger partial charge is 0.270 e. The first kappa shape index (κ1) is 19.4. The molecule has 4 aromatic rings. The molecule has 0 unspecified atom stereocenters. The second-order valence-corrected chi connectivity index (χ2v) is 7.92. The predicted octanol–water partition coefficient (Wildman–Crippen LogP) is 3.37. The molecular weight excluding hydrogens is 414 g/mol. The van der Waals surface area contributed by atoms with Crippen LogP contribution < -0.4 is 15.0 Å².